The van der Waals surface area contributed by atoms with E-state index < -0.39 is 0 Å². The molecule has 1 aliphatic heterocycles. The summed E-state index contributed by atoms with van der Waals surface area (Å²) in [6, 6.07) is 9.80. The third-order valence-electron chi connectivity index (χ3n) is 6.63. The quantitative estimate of drug-likeness (QED) is 0.485. The molecule has 1 aromatic carbocycles. The summed E-state index contributed by atoms with van der Waals surface area (Å²) in [6.45, 7) is 8.03. The number of aryl methyl sites for hydroxylation is 3. The molecule has 8 nitrogen and oxygen atoms in total. The van der Waals surface area contributed by atoms with Crippen molar-refractivity contribution in [3.8, 4) is 11.3 Å². The Morgan fingerprint density at radius 3 is 2.48 bits per heavy atom. The zero-order chi connectivity index (χ0) is 23.1. The summed E-state index contributed by atoms with van der Waals surface area (Å²) >= 11 is 0. The highest BCUT2D eigenvalue weighted by atomic mass is 16.2. The summed E-state index contributed by atoms with van der Waals surface area (Å²) in [4.78, 5) is 22.9. The number of piperazine rings is 1. The number of benzene rings is 1. The average molecular weight is 444 g/mol. The van der Waals surface area contributed by atoms with Crippen LogP contribution in [0, 0.1) is 13.8 Å². The van der Waals surface area contributed by atoms with Gasteiger partial charge in [-0.1, -0.05) is 18.2 Å². The molecule has 1 fully saturated rings. The molecular weight excluding hydrogens is 414 g/mol. The zero-order valence-corrected chi connectivity index (χ0v) is 19.6. The highest BCUT2D eigenvalue weighted by Crippen LogP contribution is 2.28. The van der Waals surface area contributed by atoms with Crippen LogP contribution >= 0.6 is 0 Å². The van der Waals surface area contributed by atoms with Crippen molar-refractivity contribution in [3.05, 3.63) is 65.2 Å². The molecule has 33 heavy (non-hydrogen) atoms. The van der Waals surface area contributed by atoms with Crippen LogP contribution in [0.1, 0.15) is 27.3 Å². The lowest BCUT2D eigenvalue weighted by Gasteiger charge is -2.35. The number of pyridine rings is 1. The Morgan fingerprint density at radius 1 is 1.06 bits per heavy atom. The Kier molecular flexibility index (Phi) is 5.46. The number of aromatic nitrogens is 5. The zero-order valence-electron chi connectivity index (χ0n) is 19.6. The SMILES string of the molecule is Cc1nn(C)cc1CN1CCN(C(=O)c2cc(-c3cnn(C)c3C)nc3ccccc23)CC1. The number of nitrogens with zero attached hydrogens (tertiary/aromatic N) is 7. The van der Waals surface area contributed by atoms with E-state index in [0.717, 1.165) is 53.2 Å². The Bertz CT molecular complexity index is 1330. The van der Waals surface area contributed by atoms with E-state index in [4.69, 9.17) is 4.98 Å². The van der Waals surface area contributed by atoms with Crippen LogP contribution in [0.25, 0.3) is 22.2 Å². The molecule has 0 radical (unpaired) electrons. The molecule has 4 heterocycles. The topological polar surface area (TPSA) is 72.1 Å². The molecular formula is C25H29N7O. The average Bonchev–Trinajstić information content (AvgIpc) is 3.32. The lowest BCUT2D eigenvalue weighted by Crippen LogP contribution is -2.48. The van der Waals surface area contributed by atoms with Crippen LogP contribution in [-0.4, -0.2) is 66.4 Å². The van der Waals surface area contributed by atoms with Gasteiger partial charge in [-0.3, -0.25) is 19.1 Å². The van der Waals surface area contributed by atoms with E-state index >= 15 is 0 Å². The maximum absolute atomic E-state index is 13.7. The lowest BCUT2D eigenvalue weighted by atomic mass is 10.0. The number of carbonyl (C=O) groups excluding carboxylic acids is 1. The Morgan fingerprint density at radius 2 is 1.82 bits per heavy atom. The first-order valence-corrected chi connectivity index (χ1v) is 11.3. The Hall–Kier alpha value is -3.52. The second-order valence-corrected chi connectivity index (χ2v) is 8.82. The molecule has 1 saturated heterocycles. The van der Waals surface area contributed by atoms with Gasteiger partial charge in [0.15, 0.2) is 0 Å². The minimum Gasteiger partial charge on any atom is -0.336 e. The van der Waals surface area contributed by atoms with Gasteiger partial charge < -0.3 is 4.90 Å². The molecule has 8 heteroatoms. The van der Waals surface area contributed by atoms with Gasteiger partial charge in [0.05, 0.1) is 28.7 Å². The first kappa shape index (κ1) is 21.3. The predicted octanol–water partition coefficient (Wildman–Crippen LogP) is 2.94. The van der Waals surface area contributed by atoms with Crippen LogP contribution in [0.2, 0.25) is 0 Å². The predicted molar refractivity (Wildman–Crippen MR) is 128 cm³/mol. The fourth-order valence-electron chi connectivity index (χ4n) is 4.56. The number of hydrogen-bond donors (Lipinski definition) is 0. The summed E-state index contributed by atoms with van der Waals surface area (Å²) in [5, 5.41) is 9.69. The van der Waals surface area contributed by atoms with Crippen molar-refractivity contribution in [2.45, 2.75) is 20.4 Å². The number of hydrogen-bond acceptors (Lipinski definition) is 5. The van der Waals surface area contributed by atoms with Crippen molar-refractivity contribution in [1.29, 1.82) is 0 Å². The van der Waals surface area contributed by atoms with Crippen molar-refractivity contribution in [3.63, 3.8) is 0 Å². The molecule has 170 valence electrons. The Labute approximate surface area is 193 Å². The number of carbonyl (C=O) groups is 1. The molecule has 0 unspecified atom stereocenters. The molecule has 3 aromatic heterocycles. The van der Waals surface area contributed by atoms with Crippen molar-refractivity contribution >= 4 is 16.8 Å². The second kappa shape index (κ2) is 8.44. The van der Waals surface area contributed by atoms with Gasteiger partial charge in [0.25, 0.3) is 5.91 Å². The normalized spacial score (nSPS) is 14.8. The maximum Gasteiger partial charge on any atom is 0.254 e. The summed E-state index contributed by atoms with van der Waals surface area (Å²) < 4.78 is 3.69. The molecule has 4 aromatic rings. The van der Waals surface area contributed by atoms with Crippen LogP contribution in [-0.2, 0) is 20.6 Å². The molecule has 0 spiro atoms. The van der Waals surface area contributed by atoms with Crippen LogP contribution in [0.4, 0.5) is 0 Å². The number of amides is 1. The molecule has 0 saturated carbocycles. The third kappa shape index (κ3) is 4.02. The summed E-state index contributed by atoms with van der Waals surface area (Å²) in [6.07, 6.45) is 3.90. The van der Waals surface area contributed by atoms with Crippen molar-refractivity contribution < 1.29 is 4.79 Å². The lowest BCUT2D eigenvalue weighted by molar-refractivity contribution is 0.0630. The van der Waals surface area contributed by atoms with Crippen LogP contribution in [0.15, 0.2) is 42.7 Å². The molecule has 0 aliphatic carbocycles. The number of rotatable bonds is 4. The smallest absolute Gasteiger partial charge is 0.254 e. The van der Waals surface area contributed by atoms with Gasteiger partial charge in [-0.2, -0.15) is 10.2 Å². The molecule has 0 N–H and O–H groups in total. The van der Waals surface area contributed by atoms with Gasteiger partial charge >= 0.3 is 0 Å². The maximum atomic E-state index is 13.7. The summed E-state index contributed by atoms with van der Waals surface area (Å²) in [7, 11) is 3.87. The van der Waals surface area contributed by atoms with Gasteiger partial charge in [0.2, 0.25) is 0 Å². The second-order valence-electron chi connectivity index (χ2n) is 8.82. The third-order valence-corrected chi connectivity index (χ3v) is 6.63. The number of fused-ring (bicyclic) bond motifs is 1. The van der Waals surface area contributed by atoms with Crippen LogP contribution in [0.5, 0.6) is 0 Å². The van der Waals surface area contributed by atoms with E-state index in [9.17, 15) is 4.79 Å². The van der Waals surface area contributed by atoms with Crippen LogP contribution in [0.3, 0.4) is 0 Å². The monoisotopic (exact) mass is 443 g/mol. The highest BCUT2D eigenvalue weighted by Gasteiger charge is 2.25. The first-order valence-electron chi connectivity index (χ1n) is 11.3. The summed E-state index contributed by atoms with van der Waals surface area (Å²) in [5.74, 6) is 0.0635. The molecule has 0 bridgehead atoms. The first-order chi connectivity index (χ1) is 15.9. The van der Waals surface area contributed by atoms with E-state index in [1.807, 2.05) is 78.7 Å². The van der Waals surface area contributed by atoms with Gasteiger partial charge in [-0.05, 0) is 26.0 Å². The van der Waals surface area contributed by atoms with Gasteiger partial charge in [-0.25, -0.2) is 4.98 Å². The number of para-hydroxylation sites is 1. The fraction of sp³-hybridized carbons (Fsp3) is 0.360. The van der Waals surface area contributed by atoms with E-state index in [1.54, 1.807) is 0 Å². The largest absolute Gasteiger partial charge is 0.336 e. The minimum atomic E-state index is 0.0635. The fourth-order valence-corrected chi connectivity index (χ4v) is 4.56. The molecule has 0 atom stereocenters. The van der Waals surface area contributed by atoms with Gasteiger partial charge in [0, 0.05) is 75.2 Å². The van der Waals surface area contributed by atoms with E-state index in [-0.39, 0.29) is 5.91 Å². The van der Waals surface area contributed by atoms with Gasteiger partial charge in [-0.15, -0.1) is 0 Å². The van der Waals surface area contributed by atoms with Crippen molar-refractivity contribution in [2.24, 2.45) is 14.1 Å². The van der Waals surface area contributed by atoms with Crippen LogP contribution < -0.4 is 0 Å². The highest BCUT2D eigenvalue weighted by molar-refractivity contribution is 6.07. The van der Waals surface area contributed by atoms with E-state index in [1.165, 1.54) is 5.56 Å². The molecule has 1 amide bonds. The van der Waals surface area contributed by atoms with Crippen molar-refractivity contribution in [1.82, 2.24) is 34.3 Å². The summed E-state index contributed by atoms with van der Waals surface area (Å²) in [5.41, 5.74) is 6.60. The van der Waals surface area contributed by atoms with Gasteiger partial charge in [0.1, 0.15) is 0 Å². The minimum absolute atomic E-state index is 0.0635. The Balaban J connectivity index is 1.39. The standard InChI is InChI=1S/C25H29N7O/c1-17-19(15-29(3)28-17)16-31-9-11-32(12-10-31)25(33)21-13-24(22-14-26-30(4)18(22)2)27-23-8-6-5-7-20(21)23/h5-8,13-15H,9-12,16H2,1-4H3. The molecule has 5 rings (SSSR count). The van der Waals surface area contributed by atoms with Crippen molar-refractivity contribution in [2.75, 3.05) is 26.2 Å². The van der Waals surface area contributed by atoms with E-state index in [2.05, 4.69) is 21.3 Å². The molecule has 1 aliphatic rings. The van der Waals surface area contributed by atoms with E-state index in [0.29, 0.717) is 18.7 Å².